The standard InChI is InChI=1S/C6H17NO2Si/c1-5(7)4-10-6(8-2)9-3/h5-6H,4,7,10H2,1-3H3. The minimum absolute atomic E-state index is 0.0472. The van der Waals surface area contributed by atoms with E-state index in [0.29, 0.717) is 6.04 Å². The minimum Gasteiger partial charge on any atom is -0.360 e. The summed E-state index contributed by atoms with van der Waals surface area (Å²) in [6.45, 7) is 2.01. The number of nitrogens with two attached hydrogens (primary N) is 1. The minimum atomic E-state index is -0.292. The fraction of sp³-hybridized carbons (Fsp3) is 1.00. The van der Waals surface area contributed by atoms with Gasteiger partial charge >= 0.3 is 0 Å². The van der Waals surface area contributed by atoms with Gasteiger partial charge in [-0.05, 0) is 12.1 Å². The number of ether oxygens (including phenoxy) is 2. The molecule has 0 aliphatic carbocycles. The Bertz CT molecular complexity index is 76.1. The second kappa shape index (κ2) is 5.85. The van der Waals surface area contributed by atoms with Crippen LogP contribution in [0, 0.1) is 0 Å². The van der Waals surface area contributed by atoms with Gasteiger partial charge in [-0.25, -0.2) is 0 Å². The average molecular weight is 163 g/mol. The van der Waals surface area contributed by atoms with Crippen LogP contribution >= 0.6 is 0 Å². The summed E-state index contributed by atoms with van der Waals surface area (Å²) >= 11 is 0. The van der Waals surface area contributed by atoms with Gasteiger partial charge in [0.05, 0.1) is 9.52 Å². The van der Waals surface area contributed by atoms with Crippen molar-refractivity contribution in [3.8, 4) is 0 Å². The van der Waals surface area contributed by atoms with Crippen molar-refractivity contribution in [2.75, 3.05) is 14.2 Å². The summed E-state index contributed by atoms with van der Waals surface area (Å²) in [4.78, 5) is 0. The molecule has 62 valence electrons. The van der Waals surface area contributed by atoms with Crippen LogP contribution in [0.3, 0.4) is 0 Å². The maximum atomic E-state index is 5.57. The molecule has 0 aromatic carbocycles. The van der Waals surface area contributed by atoms with Gasteiger partial charge < -0.3 is 15.2 Å². The molecule has 0 saturated carbocycles. The monoisotopic (exact) mass is 163 g/mol. The first-order valence-electron chi connectivity index (χ1n) is 3.52. The Hall–Kier alpha value is 0.0969. The molecule has 0 rings (SSSR count). The van der Waals surface area contributed by atoms with E-state index in [9.17, 15) is 0 Å². The predicted octanol–water partition coefficient (Wildman–Crippen LogP) is -0.503. The molecular weight excluding hydrogens is 146 g/mol. The van der Waals surface area contributed by atoms with Crippen molar-refractivity contribution in [3.63, 3.8) is 0 Å². The third-order valence-electron chi connectivity index (χ3n) is 1.38. The van der Waals surface area contributed by atoms with Crippen molar-refractivity contribution < 1.29 is 9.47 Å². The molecule has 1 atom stereocenters. The summed E-state index contributed by atoms with van der Waals surface area (Å²) in [5.74, 6) is 0.0472. The second-order valence-electron chi connectivity index (χ2n) is 2.46. The maximum absolute atomic E-state index is 5.57. The topological polar surface area (TPSA) is 44.5 Å². The third-order valence-corrected chi connectivity index (χ3v) is 3.77. The van der Waals surface area contributed by atoms with Gasteiger partial charge in [0.15, 0.2) is 0 Å². The van der Waals surface area contributed by atoms with Crippen LogP contribution in [0.25, 0.3) is 0 Å². The fourth-order valence-corrected chi connectivity index (χ4v) is 2.00. The molecule has 0 aliphatic rings. The van der Waals surface area contributed by atoms with Crippen LogP contribution in [-0.2, 0) is 9.47 Å². The van der Waals surface area contributed by atoms with Crippen LogP contribution in [-0.4, -0.2) is 35.7 Å². The summed E-state index contributed by atoms with van der Waals surface area (Å²) in [6.07, 6.45) is 0. The van der Waals surface area contributed by atoms with E-state index in [2.05, 4.69) is 0 Å². The molecule has 0 amide bonds. The molecule has 0 saturated heterocycles. The molecule has 1 unspecified atom stereocenters. The first kappa shape index (κ1) is 10.1. The van der Waals surface area contributed by atoms with Gasteiger partial charge in [-0.15, -0.1) is 0 Å². The second-order valence-corrected chi connectivity index (χ2v) is 4.28. The highest BCUT2D eigenvalue weighted by Crippen LogP contribution is 1.94. The zero-order valence-corrected chi connectivity index (χ0v) is 8.38. The van der Waals surface area contributed by atoms with Gasteiger partial charge in [0.25, 0.3) is 0 Å². The van der Waals surface area contributed by atoms with Gasteiger partial charge in [0.2, 0.25) is 0 Å². The molecule has 0 radical (unpaired) electrons. The Morgan fingerprint density at radius 1 is 1.40 bits per heavy atom. The smallest absolute Gasteiger partial charge is 0.134 e. The van der Waals surface area contributed by atoms with Gasteiger partial charge in [-0.3, -0.25) is 0 Å². The Kier molecular flexibility index (Phi) is 5.91. The van der Waals surface area contributed by atoms with E-state index in [1.54, 1.807) is 14.2 Å². The van der Waals surface area contributed by atoms with E-state index in [-0.39, 0.29) is 15.4 Å². The number of methoxy groups -OCH3 is 2. The Balaban J connectivity index is 3.26. The van der Waals surface area contributed by atoms with E-state index in [1.807, 2.05) is 6.92 Å². The summed E-state index contributed by atoms with van der Waals surface area (Å²) < 4.78 is 10.1. The Morgan fingerprint density at radius 2 is 1.90 bits per heavy atom. The molecule has 2 N–H and O–H groups in total. The summed E-state index contributed by atoms with van der Waals surface area (Å²) in [7, 11) is 3.05. The molecular formula is C6H17NO2Si. The first-order chi connectivity index (χ1) is 4.70. The molecule has 0 spiro atoms. The lowest BCUT2D eigenvalue weighted by molar-refractivity contribution is -0.0441. The van der Waals surface area contributed by atoms with Crippen LogP contribution in [0.2, 0.25) is 6.04 Å². The zero-order chi connectivity index (χ0) is 7.98. The molecule has 0 aromatic rings. The van der Waals surface area contributed by atoms with Gasteiger partial charge in [-0.1, -0.05) is 6.92 Å². The lowest BCUT2D eigenvalue weighted by Crippen LogP contribution is -2.27. The highest BCUT2D eigenvalue weighted by Gasteiger charge is 2.06. The summed E-state index contributed by atoms with van der Waals surface area (Å²) in [5.41, 5.74) is 5.57. The fourth-order valence-electron chi connectivity index (χ4n) is 0.731. The molecule has 0 heterocycles. The van der Waals surface area contributed by atoms with E-state index >= 15 is 0 Å². The molecule has 3 nitrogen and oxygen atoms in total. The van der Waals surface area contributed by atoms with Crippen molar-refractivity contribution in [2.24, 2.45) is 5.73 Å². The summed E-state index contributed by atoms with van der Waals surface area (Å²) in [5, 5.41) is 0. The van der Waals surface area contributed by atoms with Crippen LogP contribution in [0.15, 0.2) is 0 Å². The van der Waals surface area contributed by atoms with Crippen molar-refractivity contribution >= 4 is 9.52 Å². The van der Waals surface area contributed by atoms with Crippen LogP contribution < -0.4 is 5.73 Å². The Labute approximate surface area is 64.7 Å². The van der Waals surface area contributed by atoms with Gasteiger partial charge in [0, 0.05) is 14.2 Å². The van der Waals surface area contributed by atoms with Crippen molar-refractivity contribution in [1.82, 2.24) is 0 Å². The normalized spacial score (nSPS) is 15.3. The van der Waals surface area contributed by atoms with Gasteiger partial charge in [-0.2, -0.15) is 0 Å². The third kappa shape index (κ3) is 4.93. The van der Waals surface area contributed by atoms with E-state index < -0.39 is 0 Å². The quantitative estimate of drug-likeness (QED) is 0.439. The molecule has 0 aromatic heterocycles. The largest absolute Gasteiger partial charge is 0.360 e. The first-order valence-corrected chi connectivity index (χ1v) is 5.33. The highest BCUT2D eigenvalue weighted by molar-refractivity contribution is 6.36. The lowest BCUT2D eigenvalue weighted by Gasteiger charge is -2.13. The van der Waals surface area contributed by atoms with Crippen molar-refractivity contribution in [2.45, 2.75) is 24.9 Å². The molecule has 0 bridgehead atoms. The van der Waals surface area contributed by atoms with E-state index in [4.69, 9.17) is 15.2 Å². The highest BCUT2D eigenvalue weighted by atomic mass is 28.2. The van der Waals surface area contributed by atoms with E-state index in [1.165, 1.54) is 0 Å². The average Bonchev–Trinajstić information content (AvgIpc) is 1.90. The van der Waals surface area contributed by atoms with Gasteiger partial charge in [0.1, 0.15) is 5.91 Å². The molecule has 0 aliphatic heterocycles. The van der Waals surface area contributed by atoms with Crippen LogP contribution in [0.5, 0.6) is 0 Å². The Morgan fingerprint density at radius 3 is 2.20 bits per heavy atom. The van der Waals surface area contributed by atoms with Crippen molar-refractivity contribution in [1.29, 1.82) is 0 Å². The molecule has 10 heavy (non-hydrogen) atoms. The zero-order valence-electron chi connectivity index (χ0n) is 6.96. The van der Waals surface area contributed by atoms with Crippen molar-refractivity contribution in [3.05, 3.63) is 0 Å². The van der Waals surface area contributed by atoms with Crippen LogP contribution in [0.4, 0.5) is 0 Å². The number of hydrogen-bond acceptors (Lipinski definition) is 3. The number of hydrogen-bond donors (Lipinski definition) is 1. The maximum Gasteiger partial charge on any atom is 0.134 e. The SMILES string of the molecule is COC(OC)[SiH2]CC(C)N. The van der Waals surface area contributed by atoms with Crippen LogP contribution in [0.1, 0.15) is 6.92 Å². The predicted molar refractivity (Wildman–Crippen MR) is 44.8 cm³/mol. The number of rotatable bonds is 5. The van der Waals surface area contributed by atoms with E-state index in [0.717, 1.165) is 6.04 Å². The summed E-state index contributed by atoms with van der Waals surface area (Å²) in [6, 6.07) is 1.37. The molecule has 0 fully saturated rings. The molecule has 4 heteroatoms. The lowest BCUT2D eigenvalue weighted by atomic mass is 10.4.